The lowest BCUT2D eigenvalue weighted by atomic mass is 10.1. The number of halogens is 4. The van der Waals surface area contributed by atoms with Crippen molar-refractivity contribution in [2.75, 3.05) is 37.7 Å². The van der Waals surface area contributed by atoms with Crippen LogP contribution in [0.1, 0.15) is 29.3 Å². The van der Waals surface area contributed by atoms with Crippen molar-refractivity contribution in [2.24, 2.45) is 0 Å². The third kappa shape index (κ3) is 5.72. The number of piperazine rings is 1. The highest BCUT2D eigenvalue weighted by atomic mass is 35.5. The fourth-order valence-corrected chi connectivity index (χ4v) is 2.89. The van der Waals surface area contributed by atoms with Gasteiger partial charge >= 0.3 is 6.18 Å². The Hall–Kier alpha value is -2.55. The second kappa shape index (κ2) is 9.78. The number of hydrogen-bond donors (Lipinski definition) is 0. The number of alkyl halides is 3. The number of carbonyl (C=O) groups excluding carboxylic acids is 1. The van der Waals surface area contributed by atoms with Gasteiger partial charge in [-0.1, -0.05) is 6.92 Å². The molecule has 0 bridgehead atoms. The highest BCUT2D eigenvalue weighted by Crippen LogP contribution is 2.29. The van der Waals surface area contributed by atoms with Crippen molar-refractivity contribution in [3.63, 3.8) is 0 Å². The molecule has 0 unspecified atom stereocenters. The number of anilines is 1. The first-order valence-corrected chi connectivity index (χ1v) is 9.06. The van der Waals surface area contributed by atoms with Gasteiger partial charge in [-0.15, -0.1) is 22.6 Å². The van der Waals surface area contributed by atoms with E-state index in [9.17, 15) is 18.0 Å². The van der Waals surface area contributed by atoms with Crippen molar-refractivity contribution >= 4 is 24.1 Å². The van der Waals surface area contributed by atoms with Gasteiger partial charge in [0.15, 0.2) is 5.82 Å². The normalized spacial score (nSPS) is 14.3. The molecule has 29 heavy (non-hydrogen) atoms. The van der Waals surface area contributed by atoms with Crippen LogP contribution in [0.2, 0.25) is 0 Å². The third-order valence-corrected chi connectivity index (χ3v) is 4.43. The van der Waals surface area contributed by atoms with Crippen molar-refractivity contribution in [2.45, 2.75) is 19.5 Å². The minimum Gasteiger partial charge on any atom is -0.477 e. The maximum atomic E-state index is 12.6. The highest BCUT2D eigenvalue weighted by Gasteiger charge is 2.30. The van der Waals surface area contributed by atoms with Crippen LogP contribution in [-0.2, 0) is 6.18 Å². The molecular weight excluding hydrogens is 409 g/mol. The van der Waals surface area contributed by atoms with Gasteiger partial charge in [-0.2, -0.15) is 13.2 Å². The number of carbonyl (C=O) groups is 1. The lowest BCUT2D eigenvalue weighted by molar-refractivity contribution is -0.137. The number of nitrogens with zero attached hydrogens (tertiary/aromatic N) is 4. The summed E-state index contributed by atoms with van der Waals surface area (Å²) in [5, 5.41) is 8.19. The van der Waals surface area contributed by atoms with Crippen molar-refractivity contribution in [1.82, 2.24) is 15.1 Å². The van der Waals surface area contributed by atoms with Gasteiger partial charge in [0, 0.05) is 37.8 Å². The summed E-state index contributed by atoms with van der Waals surface area (Å²) in [6.07, 6.45) is -3.52. The van der Waals surface area contributed by atoms with Gasteiger partial charge in [0.1, 0.15) is 0 Å². The zero-order valence-electron chi connectivity index (χ0n) is 15.9. The van der Waals surface area contributed by atoms with E-state index >= 15 is 0 Å². The average Bonchev–Trinajstić information content (AvgIpc) is 2.72. The summed E-state index contributed by atoms with van der Waals surface area (Å²) in [5.41, 5.74) is -0.516. The average molecular weight is 431 g/mol. The Morgan fingerprint density at radius 3 is 2.21 bits per heavy atom. The van der Waals surface area contributed by atoms with Crippen LogP contribution in [0.4, 0.5) is 19.0 Å². The Bertz CT molecular complexity index is 793. The molecule has 0 atom stereocenters. The molecule has 0 N–H and O–H groups in total. The lowest BCUT2D eigenvalue weighted by Gasteiger charge is -2.35. The fraction of sp³-hybridized carbons (Fsp3) is 0.421. The topological polar surface area (TPSA) is 58.6 Å². The summed E-state index contributed by atoms with van der Waals surface area (Å²) in [6.45, 7) is 4.63. The van der Waals surface area contributed by atoms with Crippen LogP contribution in [0.25, 0.3) is 0 Å². The molecule has 0 aliphatic carbocycles. The van der Waals surface area contributed by atoms with E-state index in [1.165, 1.54) is 12.1 Å². The Morgan fingerprint density at radius 1 is 1.03 bits per heavy atom. The largest absolute Gasteiger partial charge is 0.477 e. The van der Waals surface area contributed by atoms with E-state index in [0.29, 0.717) is 44.5 Å². The molecule has 1 saturated heterocycles. The highest BCUT2D eigenvalue weighted by molar-refractivity contribution is 5.94. The smallest absolute Gasteiger partial charge is 0.416 e. The van der Waals surface area contributed by atoms with Crippen LogP contribution >= 0.6 is 12.4 Å². The monoisotopic (exact) mass is 430 g/mol. The molecule has 3 rings (SSSR count). The standard InChI is InChI=1S/C19H21F3N4O2.ClH/c1-2-13-28-17-8-7-16(23-24-17)25-9-11-26(12-10-25)18(27)14-3-5-15(6-4-14)19(20,21)22;/h3-8H,2,9-13H2,1H3;1H. The molecule has 1 fully saturated rings. The molecule has 0 saturated carbocycles. The van der Waals surface area contributed by atoms with Crippen LogP contribution < -0.4 is 9.64 Å². The summed E-state index contributed by atoms with van der Waals surface area (Å²) in [5.74, 6) is 0.898. The Balaban J connectivity index is 0.00000300. The Morgan fingerprint density at radius 2 is 1.69 bits per heavy atom. The molecule has 0 spiro atoms. The number of ether oxygens (including phenoxy) is 1. The molecule has 2 aromatic rings. The van der Waals surface area contributed by atoms with E-state index in [1.54, 1.807) is 11.0 Å². The van der Waals surface area contributed by atoms with Crippen molar-refractivity contribution < 1.29 is 22.7 Å². The number of benzene rings is 1. The van der Waals surface area contributed by atoms with Crippen molar-refractivity contribution in [1.29, 1.82) is 0 Å². The van der Waals surface area contributed by atoms with Gasteiger partial charge in [0.05, 0.1) is 12.2 Å². The molecule has 1 aromatic heterocycles. The van der Waals surface area contributed by atoms with E-state index < -0.39 is 11.7 Å². The minimum absolute atomic E-state index is 0. The summed E-state index contributed by atoms with van der Waals surface area (Å²) < 4.78 is 43.3. The second-order valence-corrected chi connectivity index (χ2v) is 6.43. The van der Waals surface area contributed by atoms with Gasteiger partial charge in [-0.25, -0.2) is 0 Å². The maximum absolute atomic E-state index is 12.6. The zero-order valence-corrected chi connectivity index (χ0v) is 16.7. The van der Waals surface area contributed by atoms with Crippen LogP contribution in [0, 0.1) is 0 Å². The summed E-state index contributed by atoms with van der Waals surface area (Å²) in [6, 6.07) is 7.89. The van der Waals surface area contributed by atoms with Gasteiger partial charge in [-0.05, 0) is 36.8 Å². The quantitative estimate of drug-likeness (QED) is 0.724. The van der Waals surface area contributed by atoms with Gasteiger partial charge in [-0.3, -0.25) is 4.79 Å². The number of amides is 1. The van der Waals surface area contributed by atoms with Crippen molar-refractivity contribution in [3.05, 3.63) is 47.5 Å². The summed E-state index contributed by atoms with van der Waals surface area (Å²) in [7, 11) is 0. The number of aromatic nitrogens is 2. The first-order chi connectivity index (χ1) is 13.4. The van der Waals surface area contributed by atoms with Gasteiger partial charge in [0.2, 0.25) is 5.88 Å². The molecule has 1 amide bonds. The van der Waals surface area contributed by atoms with Crippen LogP contribution in [0.15, 0.2) is 36.4 Å². The predicted octanol–water partition coefficient (Wildman–Crippen LogP) is 3.67. The Kier molecular flexibility index (Phi) is 7.66. The molecule has 1 aliphatic rings. The molecule has 6 nitrogen and oxygen atoms in total. The summed E-state index contributed by atoms with van der Waals surface area (Å²) in [4.78, 5) is 16.2. The van der Waals surface area contributed by atoms with Gasteiger partial charge < -0.3 is 14.5 Å². The predicted molar refractivity (Wildman–Crippen MR) is 105 cm³/mol. The van der Waals surface area contributed by atoms with Gasteiger partial charge in [0.25, 0.3) is 5.91 Å². The molecule has 1 aromatic carbocycles. The third-order valence-electron chi connectivity index (χ3n) is 4.43. The second-order valence-electron chi connectivity index (χ2n) is 6.43. The first kappa shape index (κ1) is 22.7. The van der Waals surface area contributed by atoms with Crippen LogP contribution in [-0.4, -0.2) is 53.8 Å². The number of hydrogen-bond acceptors (Lipinski definition) is 5. The number of rotatable bonds is 5. The van der Waals surface area contributed by atoms with E-state index in [-0.39, 0.29) is 23.9 Å². The van der Waals surface area contributed by atoms with E-state index in [4.69, 9.17) is 4.74 Å². The molecule has 1 aliphatic heterocycles. The molecule has 10 heteroatoms. The SMILES string of the molecule is CCCOc1ccc(N2CCN(C(=O)c3ccc(C(F)(F)F)cc3)CC2)nn1.Cl. The molecular formula is C19H22ClF3N4O2. The maximum Gasteiger partial charge on any atom is 0.416 e. The first-order valence-electron chi connectivity index (χ1n) is 9.06. The minimum atomic E-state index is -4.41. The van der Waals surface area contributed by atoms with E-state index in [0.717, 1.165) is 18.6 Å². The van der Waals surface area contributed by atoms with E-state index in [1.807, 2.05) is 17.9 Å². The molecule has 2 heterocycles. The zero-order chi connectivity index (χ0) is 20.1. The Labute approximate surface area is 173 Å². The van der Waals surface area contributed by atoms with Crippen LogP contribution in [0.5, 0.6) is 5.88 Å². The fourth-order valence-electron chi connectivity index (χ4n) is 2.89. The lowest BCUT2D eigenvalue weighted by Crippen LogP contribution is -2.49. The van der Waals surface area contributed by atoms with Crippen LogP contribution in [0.3, 0.4) is 0 Å². The van der Waals surface area contributed by atoms with E-state index in [2.05, 4.69) is 10.2 Å². The molecule has 0 radical (unpaired) electrons. The summed E-state index contributed by atoms with van der Waals surface area (Å²) >= 11 is 0. The molecule has 158 valence electrons. The van der Waals surface area contributed by atoms with Crippen molar-refractivity contribution in [3.8, 4) is 5.88 Å².